The topological polar surface area (TPSA) is 63.3 Å². The number of amides is 1. The second-order valence-electron chi connectivity index (χ2n) is 13.8. The van der Waals surface area contributed by atoms with E-state index < -0.39 is 0 Å². The highest BCUT2D eigenvalue weighted by Gasteiger charge is 2.30. The summed E-state index contributed by atoms with van der Waals surface area (Å²) in [5.74, 6) is 0.181. The fourth-order valence-corrected chi connectivity index (χ4v) is 5.76. The third kappa shape index (κ3) is 13.5. The van der Waals surface area contributed by atoms with Crippen molar-refractivity contribution >= 4 is 5.91 Å². The van der Waals surface area contributed by atoms with Crippen LogP contribution in [0, 0.1) is 0 Å². The van der Waals surface area contributed by atoms with E-state index in [4.69, 9.17) is 5.73 Å². The standard InChI is InChI=1S/C35H63NO2/c1-8-9-10-11-12-13-14-15-16-17-18-19-20-21-22-23-24-29-28(25-26-31(36)37)27-30(34(2,3)4)33(38)32(29)35(5,6)7/h27,38H,8-26H2,1-7H3,(H2,36,37). The van der Waals surface area contributed by atoms with Crippen molar-refractivity contribution in [2.24, 2.45) is 5.73 Å². The van der Waals surface area contributed by atoms with Crippen molar-refractivity contribution in [3.05, 3.63) is 28.3 Å². The molecule has 38 heavy (non-hydrogen) atoms. The van der Waals surface area contributed by atoms with E-state index in [0.717, 1.165) is 24.0 Å². The molecule has 0 atom stereocenters. The van der Waals surface area contributed by atoms with Crippen LogP contribution < -0.4 is 5.73 Å². The summed E-state index contributed by atoms with van der Waals surface area (Å²) in [6, 6.07) is 2.15. The van der Waals surface area contributed by atoms with Crippen molar-refractivity contribution in [1.29, 1.82) is 0 Å². The number of hydrogen-bond acceptors (Lipinski definition) is 2. The molecule has 0 aliphatic carbocycles. The molecule has 0 bridgehead atoms. The van der Waals surface area contributed by atoms with Crippen molar-refractivity contribution in [2.45, 2.75) is 181 Å². The Hall–Kier alpha value is -1.51. The highest BCUT2D eigenvalue weighted by Crippen LogP contribution is 2.43. The summed E-state index contributed by atoms with van der Waals surface area (Å²) in [4.78, 5) is 11.6. The zero-order valence-corrected chi connectivity index (χ0v) is 26.4. The van der Waals surface area contributed by atoms with Crippen LogP contribution in [0.2, 0.25) is 0 Å². The molecule has 0 spiro atoms. The number of aryl methyl sites for hydroxylation is 1. The van der Waals surface area contributed by atoms with E-state index in [0.29, 0.717) is 18.6 Å². The number of phenols is 1. The predicted octanol–water partition coefficient (Wildman–Crippen LogP) is 10.2. The Bertz CT molecular complexity index is 798. The van der Waals surface area contributed by atoms with E-state index >= 15 is 0 Å². The molecule has 0 saturated heterocycles. The molecule has 0 aromatic heterocycles. The largest absolute Gasteiger partial charge is 0.507 e. The fraction of sp³-hybridized carbons (Fsp3) is 0.800. The smallest absolute Gasteiger partial charge is 0.217 e. The van der Waals surface area contributed by atoms with Gasteiger partial charge in [0.1, 0.15) is 5.75 Å². The lowest BCUT2D eigenvalue weighted by molar-refractivity contribution is -0.117. The molecule has 0 saturated carbocycles. The molecule has 220 valence electrons. The Labute approximate surface area is 236 Å². The molecule has 1 amide bonds. The third-order valence-electron chi connectivity index (χ3n) is 7.98. The molecular formula is C35H63NO2. The normalized spacial score (nSPS) is 12.3. The first-order valence-corrected chi connectivity index (χ1v) is 16.1. The molecule has 3 nitrogen and oxygen atoms in total. The molecule has 3 heteroatoms. The average molecular weight is 530 g/mol. The zero-order valence-electron chi connectivity index (χ0n) is 26.4. The first kappa shape index (κ1) is 34.5. The van der Waals surface area contributed by atoms with Crippen LogP contribution in [-0.2, 0) is 28.5 Å². The Morgan fingerprint density at radius 3 is 1.47 bits per heavy atom. The van der Waals surface area contributed by atoms with E-state index in [2.05, 4.69) is 54.5 Å². The molecule has 0 heterocycles. The van der Waals surface area contributed by atoms with Gasteiger partial charge in [-0.2, -0.15) is 0 Å². The van der Waals surface area contributed by atoms with E-state index in [1.165, 1.54) is 107 Å². The van der Waals surface area contributed by atoms with Crippen molar-refractivity contribution in [2.75, 3.05) is 0 Å². The number of benzene rings is 1. The maximum Gasteiger partial charge on any atom is 0.217 e. The van der Waals surface area contributed by atoms with E-state index in [1.807, 2.05) is 0 Å². The van der Waals surface area contributed by atoms with Crippen LogP contribution in [-0.4, -0.2) is 11.0 Å². The van der Waals surface area contributed by atoms with Gasteiger partial charge in [-0.05, 0) is 46.8 Å². The second kappa shape index (κ2) is 18.0. The van der Waals surface area contributed by atoms with Crippen molar-refractivity contribution in [3.63, 3.8) is 0 Å². The van der Waals surface area contributed by atoms with Gasteiger partial charge in [-0.25, -0.2) is 0 Å². The number of phenolic OH excluding ortho intramolecular Hbond substituents is 1. The molecule has 0 unspecified atom stereocenters. The first-order valence-electron chi connectivity index (χ1n) is 16.1. The Morgan fingerprint density at radius 1 is 0.684 bits per heavy atom. The van der Waals surface area contributed by atoms with Gasteiger partial charge in [0.2, 0.25) is 5.91 Å². The molecule has 3 N–H and O–H groups in total. The number of carbonyl (C=O) groups is 1. The van der Waals surface area contributed by atoms with Crippen molar-refractivity contribution < 1.29 is 9.90 Å². The minimum absolute atomic E-state index is 0.168. The summed E-state index contributed by atoms with van der Waals surface area (Å²) >= 11 is 0. The number of aromatic hydroxyl groups is 1. The fourth-order valence-electron chi connectivity index (χ4n) is 5.76. The molecule has 0 aliphatic heterocycles. The van der Waals surface area contributed by atoms with Crippen molar-refractivity contribution in [3.8, 4) is 5.75 Å². The first-order chi connectivity index (χ1) is 17.9. The molecule has 0 aliphatic rings. The lowest BCUT2D eigenvalue weighted by atomic mass is 9.74. The average Bonchev–Trinajstić information content (AvgIpc) is 2.81. The summed E-state index contributed by atoms with van der Waals surface area (Å²) in [6.45, 7) is 15.3. The van der Waals surface area contributed by atoms with Gasteiger partial charge in [0.05, 0.1) is 0 Å². The van der Waals surface area contributed by atoms with Crippen LogP contribution in [0.15, 0.2) is 6.07 Å². The summed E-state index contributed by atoms with van der Waals surface area (Å²) in [6.07, 6.45) is 23.8. The quantitative estimate of drug-likeness (QED) is 0.165. The van der Waals surface area contributed by atoms with Gasteiger partial charge < -0.3 is 10.8 Å². The Balaban J connectivity index is 2.52. The number of carbonyl (C=O) groups excluding carboxylic acids is 1. The zero-order chi connectivity index (χ0) is 28.6. The van der Waals surface area contributed by atoms with Crippen LogP contribution in [0.1, 0.15) is 180 Å². The third-order valence-corrected chi connectivity index (χ3v) is 7.98. The van der Waals surface area contributed by atoms with E-state index in [9.17, 15) is 9.90 Å². The second-order valence-corrected chi connectivity index (χ2v) is 13.8. The minimum Gasteiger partial charge on any atom is -0.507 e. The van der Waals surface area contributed by atoms with Crippen molar-refractivity contribution in [1.82, 2.24) is 0 Å². The monoisotopic (exact) mass is 529 g/mol. The predicted molar refractivity (Wildman–Crippen MR) is 166 cm³/mol. The number of rotatable bonds is 20. The lowest BCUT2D eigenvalue weighted by Gasteiger charge is -2.31. The summed E-state index contributed by atoms with van der Waals surface area (Å²) in [5, 5.41) is 11.4. The van der Waals surface area contributed by atoms with Gasteiger partial charge in [0.15, 0.2) is 0 Å². The lowest BCUT2D eigenvalue weighted by Crippen LogP contribution is -2.21. The molecule has 0 radical (unpaired) electrons. The molecule has 0 fully saturated rings. The summed E-state index contributed by atoms with van der Waals surface area (Å²) in [7, 11) is 0. The van der Waals surface area contributed by atoms with Gasteiger partial charge in [-0.1, -0.05) is 151 Å². The number of unbranched alkanes of at least 4 members (excludes halogenated alkanes) is 15. The van der Waals surface area contributed by atoms with Crippen LogP contribution in [0.5, 0.6) is 5.75 Å². The van der Waals surface area contributed by atoms with Crippen LogP contribution in [0.4, 0.5) is 0 Å². The number of nitrogens with two attached hydrogens (primary N) is 1. The molecular weight excluding hydrogens is 466 g/mol. The maximum absolute atomic E-state index is 11.6. The highest BCUT2D eigenvalue weighted by molar-refractivity contribution is 5.74. The minimum atomic E-state index is -0.263. The van der Waals surface area contributed by atoms with Gasteiger partial charge >= 0.3 is 0 Å². The van der Waals surface area contributed by atoms with Gasteiger partial charge in [-0.3, -0.25) is 4.79 Å². The van der Waals surface area contributed by atoms with E-state index in [-0.39, 0.29) is 16.7 Å². The molecule has 1 aromatic rings. The Morgan fingerprint density at radius 2 is 1.11 bits per heavy atom. The van der Waals surface area contributed by atoms with Crippen LogP contribution >= 0.6 is 0 Å². The number of primary amides is 1. The summed E-state index contributed by atoms with van der Waals surface area (Å²) in [5.41, 5.74) is 9.65. The van der Waals surface area contributed by atoms with Crippen LogP contribution in [0.25, 0.3) is 0 Å². The van der Waals surface area contributed by atoms with Crippen LogP contribution in [0.3, 0.4) is 0 Å². The Kier molecular flexibility index (Phi) is 16.3. The van der Waals surface area contributed by atoms with Gasteiger partial charge in [0, 0.05) is 12.0 Å². The van der Waals surface area contributed by atoms with Gasteiger partial charge in [-0.15, -0.1) is 0 Å². The summed E-state index contributed by atoms with van der Waals surface area (Å²) < 4.78 is 0. The van der Waals surface area contributed by atoms with Gasteiger partial charge in [0.25, 0.3) is 0 Å². The van der Waals surface area contributed by atoms with E-state index in [1.54, 1.807) is 0 Å². The molecule has 1 aromatic carbocycles. The number of hydrogen-bond donors (Lipinski definition) is 2. The SMILES string of the molecule is CCCCCCCCCCCCCCCCCCc1c(CCC(N)=O)cc(C(C)(C)C)c(O)c1C(C)(C)C. The maximum atomic E-state index is 11.6. The molecule has 1 rings (SSSR count). The highest BCUT2D eigenvalue weighted by atomic mass is 16.3.